The maximum atomic E-state index is 15.9. The molecular formula is C25H18Cl2FN3O5. The summed E-state index contributed by atoms with van der Waals surface area (Å²) in [4.78, 5) is 33.9. The normalized spacial score (nSPS) is 21.4. The number of carbonyl (C=O) groups is 2. The van der Waals surface area contributed by atoms with E-state index in [1.807, 2.05) is 0 Å². The van der Waals surface area contributed by atoms with E-state index in [1.165, 1.54) is 29.2 Å². The quantitative estimate of drug-likeness (QED) is 0.260. The maximum Gasteiger partial charge on any atom is 0.340 e. The van der Waals surface area contributed by atoms with Gasteiger partial charge < -0.3 is 14.2 Å². The molecule has 0 bridgehead atoms. The zero-order valence-corrected chi connectivity index (χ0v) is 20.0. The molecule has 0 unspecified atom stereocenters. The highest BCUT2D eigenvalue weighted by molar-refractivity contribution is 6.41. The van der Waals surface area contributed by atoms with Gasteiger partial charge in [0.1, 0.15) is 23.7 Å². The molecule has 0 spiro atoms. The van der Waals surface area contributed by atoms with Crippen LogP contribution in [0.15, 0.2) is 73.2 Å². The average Bonchev–Trinajstić information content (AvgIpc) is 3.41. The monoisotopic (exact) mass is 529 g/mol. The highest BCUT2D eigenvalue weighted by Crippen LogP contribution is 2.43. The van der Waals surface area contributed by atoms with E-state index in [-0.39, 0.29) is 26.8 Å². The van der Waals surface area contributed by atoms with Crippen LogP contribution in [0.4, 0.5) is 4.39 Å². The van der Waals surface area contributed by atoms with Gasteiger partial charge in [-0.25, -0.2) is 23.9 Å². The fourth-order valence-electron chi connectivity index (χ4n) is 4.13. The van der Waals surface area contributed by atoms with Gasteiger partial charge in [-0.15, -0.1) is 0 Å². The first-order valence-electron chi connectivity index (χ1n) is 10.9. The minimum absolute atomic E-state index is 0.0367. The van der Waals surface area contributed by atoms with E-state index < -0.39 is 43.2 Å². The minimum atomic E-state index is -2.12. The first-order chi connectivity index (χ1) is 17.4. The van der Waals surface area contributed by atoms with E-state index in [1.54, 1.807) is 48.5 Å². The first kappa shape index (κ1) is 24.2. The van der Waals surface area contributed by atoms with Crippen molar-refractivity contribution in [2.24, 2.45) is 0 Å². The van der Waals surface area contributed by atoms with Crippen molar-refractivity contribution in [2.45, 2.75) is 18.0 Å². The van der Waals surface area contributed by atoms with Crippen molar-refractivity contribution in [3.63, 3.8) is 0 Å². The number of hydrogen-bond acceptors (Lipinski definition) is 7. The molecule has 3 heterocycles. The van der Waals surface area contributed by atoms with Gasteiger partial charge in [0, 0.05) is 6.20 Å². The topological polar surface area (TPSA) is 92.5 Å². The molecule has 2 aromatic heterocycles. The van der Waals surface area contributed by atoms with Gasteiger partial charge in [-0.3, -0.25) is 4.57 Å². The lowest BCUT2D eigenvalue weighted by molar-refractivity contribution is -0.141. The third-order valence-corrected chi connectivity index (χ3v) is 6.43. The Hall–Kier alpha value is -3.53. The lowest BCUT2D eigenvalue weighted by Gasteiger charge is -2.36. The van der Waals surface area contributed by atoms with Crippen molar-refractivity contribution in [2.75, 3.05) is 13.2 Å². The van der Waals surface area contributed by atoms with Crippen molar-refractivity contribution >= 4 is 46.2 Å². The molecular weight excluding hydrogens is 512 g/mol. The number of halogens is 3. The van der Waals surface area contributed by atoms with Crippen molar-refractivity contribution in [1.82, 2.24) is 14.5 Å². The number of rotatable bonds is 6. The SMILES string of the molecule is O=C(OC[C@H]1OC[C@H](F)[C@@]1(OC(=O)c1ccccc1)n1cc(Cl)c2c(Cl)ncnc21)c1ccccc1. The standard InChI is InChI=1S/C25H18Cl2FN3O5/c26-17-11-31(22-20(17)21(27)29-14-30-22)25(36-24(33)16-9-5-2-6-10-16)18(28)12-34-19(25)13-35-23(32)15-7-3-1-4-8-15/h1-11,14,18-19H,12-13H2/t18-,19+,25-/m0/s1. The molecule has 8 nitrogen and oxygen atoms in total. The first-order valence-corrected chi connectivity index (χ1v) is 11.6. The van der Waals surface area contributed by atoms with Gasteiger partial charge in [0.25, 0.3) is 5.72 Å². The summed E-state index contributed by atoms with van der Waals surface area (Å²) in [5.41, 5.74) is -1.51. The predicted molar refractivity (Wildman–Crippen MR) is 129 cm³/mol. The van der Waals surface area contributed by atoms with Crippen LogP contribution in [0.1, 0.15) is 20.7 Å². The number of hydrogen-bond donors (Lipinski definition) is 0. The Morgan fingerprint density at radius 2 is 1.67 bits per heavy atom. The summed E-state index contributed by atoms with van der Waals surface area (Å²) in [6, 6.07) is 16.4. The third kappa shape index (κ3) is 4.19. The van der Waals surface area contributed by atoms with E-state index in [9.17, 15) is 9.59 Å². The van der Waals surface area contributed by atoms with Crippen LogP contribution in [0, 0.1) is 0 Å². The smallest absolute Gasteiger partial charge is 0.340 e. The second kappa shape index (κ2) is 9.85. The predicted octanol–water partition coefficient (Wildman–Crippen LogP) is 4.84. The summed E-state index contributed by atoms with van der Waals surface area (Å²) in [6.45, 7) is -0.863. The van der Waals surface area contributed by atoms with Crippen LogP contribution < -0.4 is 0 Å². The van der Waals surface area contributed by atoms with Gasteiger partial charge in [-0.05, 0) is 24.3 Å². The van der Waals surface area contributed by atoms with Crippen molar-refractivity contribution in [3.8, 4) is 0 Å². The van der Waals surface area contributed by atoms with Gasteiger partial charge in [0.2, 0.25) is 0 Å². The second-order valence-corrected chi connectivity index (χ2v) is 8.74. The lowest BCUT2D eigenvalue weighted by atomic mass is 10.0. The molecule has 0 saturated carbocycles. The summed E-state index contributed by atoms with van der Waals surface area (Å²) in [6.07, 6.45) is -0.588. The van der Waals surface area contributed by atoms with Crippen LogP contribution in [-0.4, -0.2) is 52.0 Å². The van der Waals surface area contributed by atoms with Crippen molar-refractivity contribution in [1.29, 1.82) is 0 Å². The Labute approximate surface area is 214 Å². The number of aromatic nitrogens is 3. The Morgan fingerprint density at radius 3 is 2.33 bits per heavy atom. The Morgan fingerprint density at radius 1 is 1.03 bits per heavy atom. The van der Waals surface area contributed by atoms with Gasteiger partial charge in [-0.1, -0.05) is 59.6 Å². The van der Waals surface area contributed by atoms with Crippen molar-refractivity contribution in [3.05, 3.63) is 94.5 Å². The van der Waals surface area contributed by atoms with E-state index in [2.05, 4.69) is 9.97 Å². The minimum Gasteiger partial charge on any atom is -0.459 e. The Bertz CT molecular complexity index is 1420. The van der Waals surface area contributed by atoms with Gasteiger partial charge in [0.15, 0.2) is 12.3 Å². The fourth-order valence-corrected chi connectivity index (χ4v) is 4.68. The summed E-state index contributed by atoms with van der Waals surface area (Å²) in [5.74, 6) is -1.47. The molecule has 0 aliphatic carbocycles. The van der Waals surface area contributed by atoms with E-state index in [4.69, 9.17) is 37.4 Å². The zero-order chi connectivity index (χ0) is 25.3. The summed E-state index contributed by atoms with van der Waals surface area (Å²) in [7, 11) is 0. The second-order valence-electron chi connectivity index (χ2n) is 7.97. The molecule has 3 atom stereocenters. The highest BCUT2D eigenvalue weighted by atomic mass is 35.5. The van der Waals surface area contributed by atoms with Crippen LogP contribution in [0.3, 0.4) is 0 Å². The molecule has 0 N–H and O–H groups in total. The molecule has 4 aromatic rings. The van der Waals surface area contributed by atoms with Crippen LogP contribution in [0.25, 0.3) is 11.0 Å². The molecule has 36 heavy (non-hydrogen) atoms. The molecule has 1 aliphatic heterocycles. The fraction of sp³-hybridized carbons (Fsp3) is 0.200. The van der Waals surface area contributed by atoms with E-state index in [0.717, 1.165) is 0 Å². The van der Waals surface area contributed by atoms with Crippen molar-refractivity contribution < 1.29 is 28.2 Å². The molecule has 1 fully saturated rings. The number of carbonyl (C=O) groups excluding carboxylic acids is 2. The Balaban J connectivity index is 1.58. The molecule has 1 aliphatic rings. The molecule has 184 valence electrons. The largest absolute Gasteiger partial charge is 0.459 e. The van der Waals surface area contributed by atoms with Crippen LogP contribution in [0.5, 0.6) is 0 Å². The van der Waals surface area contributed by atoms with Crippen LogP contribution in [-0.2, 0) is 19.9 Å². The van der Waals surface area contributed by atoms with Crippen LogP contribution in [0.2, 0.25) is 10.2 Å². The summed E-state index contributed by atoms with van der Waals surface area (Å²) in [5, 5.41) is 0.398. The van der Waals surface area contributed by atoms with Gasteiger partial charge in [-0.2, -0.15) is 0 Å². The van der Waals surface area contributed by atoms with E-state index >= 15 is 4.39 Å². The lowest BCUT2D eigenvalue weighted by Crippen LogP contribution is -2.53. The number of alkyl halides is 1. The molecule has 5 rings (SSSR count). The number of ether oxygens (including phenoxy) is 3. The molecule has 0 radical (unpaired) electrons. The maximum absolute atomic E-state index is 15.9. The summed E-state index contributed by atoms with van der Waals surface area (Å²) >= 11 is 12.6. The highest BCUT2D eigenvalue weighted by Gasteiger charge is 2.59. The number of fused-ring (bicyclic) bond motifs is 1. The molecule has 0 amide bonds. The third-order valence-electron chi connectivity index (χ3n) is 5.86. The number of esters is 2. The van der Waals surface area contributed by atoms with Gasteiger partial charge >= 0.3 is 11.9 Å². The molecule has 11 heteroatoms. The molecule has 1 saturated heterocycles. The van der Waals surface area contributed by atoms with Gasteiger partial charge in [0.05, 0.1) is 28.1 Å². The Kier molecular flexibility index (Phi) is 6.61. The van der Waals surface area contributed by atoms with E-state index in [0.29, 0.717) is 5.56 Å². The zero-order valence-electron chi connectivity index (χ0n) is 18.5. The number of nitrogens with zero attached hydrogens (tertiary/aromatic N) is 3. The number of benzene rings is 2. The summed E-state index contributed by atoms with van der Waals surface area (Å²) < 4.78 is 34.1. The molecule has 2 aromatic carbocycles. The average molecular weight is 530 g/mol. The van der Waals surface area contributed by atoms with Crippen LogP contribution >= 0.6 is 23.2 Å².